The van der Waals surface area contributed by atoms with E-state index in [0.29, 0.717) is 10.9 Å². The van der Waals surface area contributed by atoms with Crippen LogP contribution < -0.4 is 15.1 Å². The number of benzene rings is 1. The summed E-state index contributed by atoms with van der Waals surface area (Å²) in [6.45, 7) is 5.58. The molecule has 1 aromatic carbocycles. The number of nitrogens with zero attached hydrogens (tertiary/aromatic N) is 3. The van der Waals surface area contributed by atoms with Crippen LogP contribution >= 0.6 is 11.8 Å². The molecule has 3 rings (SSSR count). The minimum absolute atomic E-state index is 0.0719. The molecule has 1 aliphatic heterocycles. The summed E-state index contributed by atoms with van der Waals surface area (Å²) < 4.78 is 1.67. The molecule has 7 heteroatoms. The van der Waals surface area contributed by atoms with Crippen LogP contribution in [0.2, 0.25) is 0 Å². The zero-order valence-corrected chi connectivity index (χ0v) is 15.6. The number of aromatic amines is 1. The fourth-order valence-electron chi connectivity index (χ4n) is 3.16. The van der Waals surface area contributed by atoms with Crippen LogP contribution in [0.15, 0.2) is 34.2 Å². The summed E-state index contributed by atoms with van der Waals surface area (Å²) in [5, 5.41) is 5.21. The van der Waals surface area contributed by atoms with Crippen LogP contribution in [0.25, 0.3) is 11.3 Å². The van der Waals surface area contributed by atoms with Gasteiger partial charge in [0.2, 0.25) is 11.1 Å². The largest absolute Gasteiger partial charge is 0.325 e. The maximum Gasteiger partial charge on any atom is 0.325 e. The van der Waals surface area contributed by atoms with Gasteiger partial charge in [0.25, 0.3) is 6.17 Å². The molecule has 2 aromatic rings. The van der Waals surface area contributed by atoms with E-state index in [4.69, 9.17) is 0 Å². The number of anilines is 1. The number of H-pyrrole nitrogens is 1. The van der Waals surface area contributed by atoms with Gasteiger partial charge in [0.05, 0.1) is 11.3 Å². The highest BCUT2D eigenvalue weighted by molar-refractivity contribution is 7.99. The van der Waals surface area contributed by atoms with E-state index in [1.54, 1.807) is 21.3 Å². The number of fused-ring (bicyclic) bond motifs is 3. The summed E-state index contributed by atoms with van der Waals surface area (Å²) >= 11 is 1.55. The molecule has 1 aromatic heterocycles. The molecule has 1 N–H and O–H groups in total. The number of carbonyl (C=O) groups excluding carboxylic acids is 1. The average Bonchev–Trinajstić information content (AvgIpc) is 2.58. The van der Waals surface area contributed by atoms with Gasteiger partial charge in [-0.15, -0.1) is 0 Å². The molecule has 0 saturated heterocycles. The summed E-state index contributed by atoms with van der Waals surface area (Å²) in [6, 6.07) is 7.46. The number of thioether (sulfide) groups is 1. The lowest BCUT2D eigenvalue weighted by atomic mass is 10.1. The fourth-order valence-corrected chi connectivity index (χ4v) is 4.01. The monoisotopic (exact) mass is 359 g/mol. The number of carbonyl (C=O) groups is 1. The van der Waals surface area contributed by atoms with Crippen molar-refractivity contribution in [2.75, 3.05) is 10.7 Å². The van der Waals surface area contributed by atoms with Crippen molar-refractivity contribution in [2.24, 2.45) is 0 Å². The highest BCUT2D eigenvalue weighted by Gasteiger charge is 2.40. The smallest absolute Gasteiger partial charge is 0.291 e. The molecule has 1 aliphatic rings. The van der Waals surface area contributed by atoms with E-state index in [9.17, 15) is 9.59 Å². The summed E-state index contributed by atoms with van der Waals surface area (Å²) in [5.41, 5.74) is 1.80. The first-order valence-corrected chi connectivity index (χ1v) is 9.61. The lowest BCUT2D eigenvalue weighted by Gasteiger charge is -2.29. The number of para-hydroxylation sites is 1. The first-order valence-electron chi connectivity index (χ1n) is 8.62. The van der Waals surface area contributed by atoms with Crippen molar-refractivity contribution < 1.29 is 9.48 Å². The van der Waals surface area contributed by atoms with Gasteiger partial charge in [-0.3, -0.25) is 19.5 Å². The van der Waals surface area contributed by atoms with Gasteiger partial charge >= 0.3 is 11.3 Å². The van der Waals surface area contributed by atoms with Crippen LogP contribution in [0.4, 0.5) is 5.69 Å². The highest BCUT2D eigenvalue weighted by Crippen LogP contribution is 2.34. The number of rotatable bonds is 5. The molecule has 0 saturated carbocycles. The molecule has 0 bridgehead atoms. The number of nitrogens with one attached hydrogen (secondary N) is 1. The van der Waals surface area contributed by atoms with Gasteiger partial charge in [-0.25, -0.2) is 0 Å². The van der Waals surface area contributed by atoms with E-state index in [0.717, 1.165) is 36.3 Å². The van der Waals surface area contributed by atoms with Crippen molar-refractivity contribution in [1.29, 1.82) is 0 Å². The molecule has 25 heavy (non-hydrogen) atoms. The number of unbranched alkanes of at least 4 members (excludes halogenated alkanes) is 2. The molecule has 0 radical (unpaired) electrons. The molecule has 0 aliphatic carbocycles. The van der Waals surface area contributed by atoms with Gasteiger partial charge < -0.3 is 0 Å². The normalized spacial score (nSPS) is 15.6. The molecule has 1 amide bonds. The molecule has 132 valence electrons. The second-order valence-electron chi connectivity index (χ2n) is 6.15. The summed E-state index contributed by atoms with van der Waals surface area (Å²) in [7, 11) is 0. The lowest BCUT2D eigenvalue weighted by molar-refractivity contribution is -0.768. The Kier molecular flexibility index (Phi) is 5.22. The molecule has 0 spiro atoms. The maximum atomic E-state index is 12.7. The van der Waals surface area contributed by atoms with Crippen LogP contribution in [-0.4, -0.2) is 21.7 Å². The number of hydrogen-bond donors (Lipinski definition) is 1. The Balaban J connectivity index is 2.05. The van der Waals surface area contributed by atoms with Gasteiger partial charge in [0, 0.05) is 24.7 Å². The van der Waals surface area contributed by atoms with Crippen molar-refractivity contribution in [3.05, 3.63) is 34.6 Å². The number of aromatic nitrogens is 3. The van der Waals surface area contributed by atoms with Crippen LogP contribution in [0.3, 0.4) is 0 Å². The third-order valence-corrected chi connectivity index (χ3v) is 5.29. The zero-order chi connectivity index (χ0) is 18.0. The minimum atomic E-state index is -0.348. The van der Waals surface area contributed by atoms with Gasteiger partial charge in [0.1, 0.15) is 0 Å². The van der Waals surface area contributed by atoms with Crippen molar-refractivity contribution in [1.82, 2.24) is 10.1 Å². The molecule has 0 fully saturated rings. The van der Waals surface area contributed by atoms with E-state index >= 15 is 0 Å². The number of hydrogen-bond acceptors (Lipinski definition) is 4. The summed E-state index contributed by atoms with van der Waals surface area (Å²) in [5.74, 6) is 0.842. The highest BCUT2D eigenvalue weighted by atomic mass is 32.2. The van der Waals surface area contributed by atoms with Crippen LogP contribution in [0.5, 0.6) is 0 Å². The van der Waals surface area contributed by atoms with Gasteiger partial charge in [0.15, 0.2) is 0 Å². The molecule has 0 unspecified atom stereocenters. The Labute approximate surface area is 151 Å². The molecular formula is C18H23N4O2S+. The lowest BCUT2D eigenvalue weighted by Crippen LogP contribution is -2.59. The van der Waals surface area contributed by atoms with E-state index in [2.05, 4.69) is 17.0 Å². The van der Waals surface area contributed by atoms with E-state index in [-0.39, 0.29) is 17.6 Å². The van der Waals surface area contributed by atoms with Crippen LogP contribution in [-0.2, 0) is 4.79 Å². The number of amides is 1. The van der Waals surface area contributed by atoms with E-state index in [1.165, 1.54) is 6.92 Å². The predicted octanol–water partition coefficient (Wildman–Crippen LogP) is 2.89. The van der Waals surface area contributed by atoms with E-state index in [1.807, 2.05) is 31.2 Å². The Morgan fingerprint density at radius 1 is 1.36 bits per heavy atom. The zero-order valence-electron chi connectivity index (χ0n) is 14.8. The quantitative estimate of drug-likeness (QED) is 0.506. The fraction of sp³-hybridized carbons (Fsp3) is 0.444. The van der Waals surface area contributed by atoms with Crippen LogP contribution in [0.1, 0.15) is 46.2 Å². The average molecular weight is 359 g/mol. The second kappa shape index (κ2) is 7.39. The topological polar surface area (TPSA) is 69.9 Å². The molecule has 1 atom stereocenters. The van der Waals surface area contributed by atoms with Crippen molar-refractivity contribution >= 4 is 23.4 Å². The Morgan fingerprint density at radius 2 is 2.12 bits per heavy atom. The molecule has 6 nitrogen and oxygen atoms in total. The standard InChI is InChI=1S/C18H22N4O2S/c1-4-5-8-11-25-18-19-17(24)16-14-9-6-7-10-15(14)21(13(3)23)12(2)22(16)20-18/h6-7,9-10,12H,4-5,8,11H2,1-3H3/p+1/t12-/m1/s1. The Morgan fingerprint density at radius 3 is 2.84 bits per heavy atom. The molecular weight excluding hydrogens is 336 g/mol. The first-order chi connectivity index (χ1) is 12.0. The van der Waals surface area contributed by atoms with Crippen molar-refractivity contribution in [3.8, 4) is 11.3 Å². The van der Waals surface area contributed by atoms with Gasteiger partial charge in [-0.2, -0.15) is 0 Å². The maximum absolute atomic E-state index is 12.7. The Bertz CT molecular complexity index is 849. The summed E-state index contributed by atoms with van der Waals surface area (Å²) in [4.78, 5) is 29.5. The molecule has 2 heterocycles. The SMILES string of the molecule is CCCCCSc1n[n+]2c(c(=O)[nH]1)-c1ccccc1N(C(C)=O)[C@H]2C. The third kappa shape index (κ3) is 3.33. The minimum Gasteiger partial charge on any atom is -0.291 e. The predicted molar refractivity (Wildman–Crippen MR) is 98.6 cm³/mol. The Hall–Kier alpha value is -2.15. The van der Waals surface area contributed by atoms with Gasteiger partial charge in [-0.05, 0) is 18.6 Å². The van der Waals surface area contributed by atoms with Crippen molar-refractivity contribution in [3.63, 3.8) is 0 Å². The van der Waals surface area contributed by atoms with Crippen molar-refractivity contribution in [2.45, 2.75) is 51.4 Å². The van der Waals surface area contributed by atoms with Gasteiger partial charge in [-0.1, -0.05) is 48.3 Å². The van der Waals surface area contributed by atoms with Crippen LogP contribution in [0, 0.1) is 0 Å². The summed E-state index contributed by atoms with van der Waals surface area (Å²) in [6.07, 6.45) is 3.06. The van der Waals surface area contributed by atoms with E-state index < -0.39 is 0 Å². The third-order valence-electron chi connectivity index (χ3n) is 4.34. The first kappa shape index (κ1) is 17.7. The second-order valence-corrected chi connectivity index (χ2v) is 7.23.